The van der Waals surface area contributed by atoms with Crippen molar-refractivity contribution in [2.45, 2.75) is 44.8 Å². The quantitative estimate of drug-likeness (QED) is 0.756. The highest BCUT2D eigenvalue weighted by molar-refractivity contribution is 5.86. The van der Waals surface area contributed by atoms with E-state index in [1.807, 2.05) is 0 Å². The maximum absolute atomic E-state index is 12.4. The van der Waals surface area contributed by atoms with Gasteiger partial charge in [0.05, 0.1) is 0 Å². The number of nitrogens with zero attached hydrogens (tertiary/aromatic N) is 2. The number of fused-ring (bicyclic) bond motifs is 1. The molecule has 2 unspecified atom stereocenters. The number of amides is 1. The van der Waals surface area contributed by atoms with Crippen LogP contribution in [0.2, 0.25) is 0 Å². The van der Waals surface area contributed by atoms with E-state index >= 15 is 0 Å². The molecule has 3 saturated heterocycles. The molecule has 1 aliphatic carbocycles. The summed E-state index contributed by atoms with van der Waals surface area (Å²) >= 11 is 0. The van der Waals surface area contributed by atoms with Crippen molar-refractivity contribution in [3.63, 3.8) is 0 Å². The van der Waals surface area contributed by atoms with Crippen LogP contribution < -0.4 is 5.32 Å². The molecule has 3 heterocycles. The molecule has 0 radical (unpaired) electrons. The van der Waals surface area contributed by atoms with Crippen molar-refractivity contribution in [1.29, 1.82) is 0 Å². The lowest BCUT2D eigenvalue weighted by Crippen LogP contribution is -2.38. The van der Waals surface area contributed by atoms with Crippen molar-refractivity contribution in [2.24, 2.45) is 17.8 Å². The number of carbonyl (C=O) groups is 1. The van der Waals surface area contributed by atoms with E-state index in [1.165, 1.54) is 25.9 Å². The van der Waals surface area contributed by atoms with E-state index in [0.717, 1.165) is 30.8 Å². The van der Waals surface area contributed by atoms with Crippen LogP contribution in [0.5, 0.6) is 0 Å². The Bertz CT molecular complexity index is 379. The molecule has 106 valence electrons. The summed E-state index contributed by atoms with van der Waals surface area (Å²) in [6.45, 7) is 8.94. The first-order chi connectivity index (χ1) is 9.13. The van der Waals surface area contributed by atoms with E-state index in [4.69, 9.17) is 0 Å². The van der Waals surface area contributed by atoms with Gasteiger partial charge in [0.1, 0.15) is 6.04 Å². The molecular formula is C15H25N3O. The van der Waals surface area contributed by atoms with E-state index in [9.17, 15) is 4.79 Å². The standard InChI is InChI=1S/C15H25N3O/c1-9(2)17-5-11-7-18(8-12(11)6-17)15(19)14-13(16-14)10-3-4-10/h9-14,16H,3-8H2,1-2H3/t11?,12?,13-,14+/m0/s1. The lowest BCUT2D eigenvalue weighted by atomic mass is 10.0. The molecule has 1 saturated carbocycles. The van der Waals surface area contributed by atoms with Gasteiger partial charge in [-0.25, -0.2) is 0 Å². The molecule has 3 aliphatic heterocycles. The molecule has 0 spiro atoms. The molecule has 4 nitrogen and oxygen atoms in total. The molecule has 19 heavy (non-hydrogen) atoms. The molecular weight excluding hydrogens is 238 g/mol. The fourth-order valence-electron chi connectivity index (χ4n) is 4.07. The van der Waals surface area contributed by atoms with Gasteiger partial charge in [-0.15, -0.1) is 0 Å². The van der Waals surface area contributed by atoms with E-state index in [0.29, 0.717) is 18.0 Å². The Morgan fingerprint density at radius 3 is 2.21 bits per heavy atom. The van der Waals surface area contributed by atoms with Crippen molar-refractivity contribution in [1.82, 2.24) is 15.1 Å². The first-order valence-electron chi connectivity index (χ1n) is 7.92. The normalized spacial score (nSPS) is 41.9. The zero-order valence-electron chi connectivity index (χ0n) is 12.0. The summed E-state index contributed by atoms with van der Waals surface area (Å²) in [5, 5.41) is 3.40. The third-order valence-electron chi connectivity index (χ3n) is 5.57. The fraction of sp³-hybridized carbons (Fsp3) is 0.933. The average Bonchev–Trinajstić information content (AvgIpc) is 3.22. The highest BCUT2D eigenvalue weighted by atomic mass is 16.2. The monoisotopic (exact) mass is 263 g/mol. The summed E-state index contributed by atoms with van der Waals surface area (Å²) in [7, 11) is 0. The lowest BCUT2D eigenvalue weighted by Gasteiger charge is -2.24. The van der Waals surface area contributed by atoms with Crippen molar-refractivity contribution in [2.75, 3.05) is 26.2 Å². The fourth-order valence-corrected chi connectivity index (χ4v) is 4.07. The summed E-state index contributed by atoms with van der Waals surface area (Å²) < 4.78 is 0. The van der Waals surface area contributed by atoms with Crippen LogP contribution in [-0.4, -0.2) is 60.0 Å². The SMILES string of the molecule is CC(C)N1CC2CN(C(=O)[C@@H]3N[C@H]3C3CC3)CC2C1. The third kappa shape index (κ3) is 2.09. The highest BCUT2D eigenvalue weighted by Crippen LogP contribution is 2.41. The van der Waals surface area contributed by atoms with Gasteiger partial charge in [-0.3, -0.25) is 10.1 Å². The molecule has 0 bridgehead atoms. The van der Waals surface area contributed by atoms with Crippen LogP contribution >= 0.6 is 0 Å². The topological polar surface area (TPSA) is 45.5 Å². The van der Waals surface area contributed by atoms with E-state index in [2.05, 4.69) is 29.0 Å². The Labute approximate surface area is 115 Å². The minimum Gasteiger partial charge on any atom is -0.341 e. The molecule has 4 aliphatic rings. The predicted octanol–water partition coefficient (Wildman–Crippen LogP) is 0.535. The van der Waals surface area contributed by atoms with Gasteiger partial charge in [0.2, 0.25) is 5.91 Å². The zero-order chi connectivity index (χ0) is 13.1. The van der Waals surface area contributed by atoms with Gasteiger partial charge in [-0.1, -0.05) is 0 Å². The highest BCUT2D eigenvalue weighted by Gasteiger charge is 2.53. The van der Waals surface area contributed by atoms with Crippen LogP contribution in [0.1, 0.15) is 26.7 Å². The zero-order valence-corrected chi connectivity index (χ0v) is 12.0. The summed E-state index contributed by atoms with van der Waals surface area (Å²) in [5.41, 5.74) is 0. The van der Waals surface area contributed by atoms with Gasteiger partial charge < -0.3 is 9.80 Å². The van der Waals surface area contributed by atoms with Gasteiger partial charge in [0, 0.05) is 38.3 Å². The molecule has 4 atom stereocenters. The van der Waals surface area contributed by atoms with Crippen molar-refractivity contribution >= 4 is 5.91 Å². The van der Waals surface area contributed by atoms with Crippen molar-refractivity contribution in [3.8, 4) is 0 Å². The molecule has 4 heteroatoms. The first kappa shape index (κ1) is 12.2. The maximum Gasteiger partial charge on any atom is 0.241 e. The number of likely N-dealkylation sites (tertiary alicyclic amines) is 2. The van der Waals surface area contributed by atoms with Gasteiger partial charge in [0.25, 0.3) is 0 Å². The molecule has 4 fully saturated rings. The summed E-state index contributed by atoms with van der Waals surface area (Å²) in [6, 6.07) is 1.35. The van der Waals surface area contributed by atoms with Crippen LogP contribution in [0, 0.1) is 17.8 Å². The van der Waals surface area contributed by atoms with Crippen molar-refractivity contribution < 1.29 is 4.79 Å². The van der Waals surface area contributed by atoms with Crippen molar-refractivity contribution in [3.05, 3.63) is 0 Å². The summed E-state index contributed by atoms with van der Waals surface area (Å²) in [5.74, 6) is 2.66. The second-order valence-corrected chi connectivity index (χ2v) is 7.32. The predicted molar refractivity (Wildman–Crippen MR) is 73.7 cm³/mol. The summed E-state index contributed by atoms with van der Waals surface area (Å²) in [4.78, 5) is 17.2. The second kappa shape index (κ2) is 4.19. The second-order valence-electron chi connectivity index (χ2n) is 7.32. The average molecular weight is 263 g/mol. The largest absolute Gasteiger partial charge is 0.341 e. The first-order valence-corrected chi connectivity index (χ1v) is 7.92. The van der Waals surface area contributed by atoms with Crippen LogP contribution in [0.25, 0.3) is 0 Å². The molecule has 0 aromatic heterocycles. The molecule has 1 N–H and O–H groups in total. The van der Waals surface area contributed by atoms with E-state index in [1.54, 1.807) is 0 Å². The Balaban J connectivity index is 1.33. The van der Waals surface area contributed by atoms with E-state index in [-0.39, 0.29) is 6.04 Å². The Hall–Kier alpha value is -0.610. The Kier molecular flexibility index (Phi) is 2.68. The Morgan fingerprint density at radius 2 is 1.68 bits per heavy atom. The molecule has 0 aromatic carbocycles. The minimum atomic E-state index is 0.174. The summed E-state index contributed by atoms with van der Waals surface area (Å²) in [6.07, 6.45) is 2.66. The van der Waals surface area contributed by atoms with Crippen LogP contribution in [0.15, 0.2) is 0 Å². The van der Waals surface area contributed by atoms with Gasteiger partial charge in [0.15, 0.2) is 0 Å². The van der Waals surface area contributed by atoms with Crippen LogP contribution in [-0.2, 0) is 4.79 Å². The number of carbonyl (C=O) groups excluding carboxylic acids is 1. The van der Waals surface area contributed by atoms with Gasteiger partial charge >= 0.3 is 0 Å². The maximum atomic E-state index is 12.4. The molecule has 4 rings (SSSR count). The molecule has 1 amide bonds. The van der Waals surface area contributed by atoms with Crippen LogP contribution in [0.3, 0.4) is 0 Å². The van der Waals surface area contributed by atoms with Gasteiger partial charge in [-0.05, 0) is 44.4 Å². The number of nitrogens with one attached hydrogen (secondary N) is 1. The number of hydrogen-bond donors (Lipinski definition) is 1. The Morgan fingerprint density at radius 1 is 1.05 bits per heavy atom. The molecule has 0 aromatic rings. The minimum absolute atomic E-state index is 0.174. The van der Waals surface area contributed by atoms with Gasteiger partial charge in [-0.2, -0.15) is 0 Å². The number of hydrogen-bond acceptors (Lipinski definition) is 3. The van der Waals surface area contributed by atoms with Crippen LogP contribution in [0.4, 0.5) is 0 Å². The smallest absolute Gasteiger partial charge is 0.241 e. The third-order valence-corrected chi connectivity index (χ3v) is 5.57. The van der Waals surface area contributed by atoms with E-state index < -0.39 is 0 Å². The number of rotatable bonds is 3. The lowest BCUT2D eigenvalue weighted by molar-refractivity contribution is -0.130.